The van der Waals surface area contributed by atoms with Crippen LogP contribution in [0.2, 0.25) is 0 Å². The van der Waals surface area contributed by atoms with Crippen LogP contribution in [0.1, 0.15) is 0 Å². The van der Waals surface area contributed by atoms with Crippen LogP contribution in [-0.4, -0.2) is 49.0 Å². The third kappa shape index (κ3) is 3.18. The number of ether oxygens (including phenoxy) is 1. The van der Waals surface area contributed by atoms with Crippen LogP contribution in [0.3, 0.4) is 0 Å². The molecule has 124 valence electrons. The molecule has 4 N–H and O–H groups in total. The molecule has 10 heteroatoms. The van der Waals surface area contributed by atoms with Crippen LogP contribution in [0.15, 0.2) is 35.5 Å². The van der Waals surface area contributed by atoms with E-state index in [2.05, 4.69) is 20.4 Å². The van der Waals surface area contributed by atoms with Crippen molar-refractivity contribution in [2.45, 2.75) is 5.16 Å². The molecule has 0 aliphatic carbocycles. The van der Waals surface area contributed by atoms with Crippen LogP contribution in [0, 0.1) is 0 Å². The number of aromatic amines is 1. The maximum absolute atomic E-state index is 10.6. The number of aromatic nitrogens is 5. The van der Waals surface area contributed by atoms with Crippen LogP contribution in [-0.2, 0) is 4.79 Å². The second kappa shape index (κ2) is 6.62. The lowest BCUT2D eigenvalue weighted by Crippen LogP contribution is -2.12. The standard InChI is InChI=1S/C14H14N6O3S/c1-23-9-4-2-8(3-5-9)10-6-11(17-16-10)13-18-19-14(20(13)15)24-7-12(21)22/h2-6H,7,15H2,1H3,(H,16,17)(H,21,22). The van der Waals surface area contributed by atoms with Gasteiger partial charge < -0.3 is 15.7 Å². The van der Waals surface area contributed by atoms with Gasteiger partial charge in [-0.2, -0.15) is 5.10 Å². The fourth-order valence-electron chi connectivity index (χ4n) is 2.03. The molecule has 0 aliphatic heterocycles. The Kier molecular flexibility index (Phi) is 4.38. The number of hydrogen-bond acceptors (Lipinski definition) is 7. The van der Waals surface area contributed by atoms with Gasteiger partial charge in [0, 0.05) is 5.56 Å². The van der Waals surface area contributed by atoms with Gasteiger partial charge in [-0.25, -0.2) is 4.68 Å². The highest BCUT2D eigenvalue weighted by Gasteiger charge is 2.16. The number of rotatable bonds is 6. The molecule has 2 heterocycles. The molecule has 0 atom stereocenters. The first-order chi connectivity index (χ1) is 11.6. The Morgan fingerprint density at radius 1 is 1.38 bits per heavy atom. The number of nitrogen functional groups attached to an aromatic ring is 1. The lowest BCUT2D eigenvalue weighted by molar-refractivity contribution is -0.133. The molecular weight excluding hydrogens is 332 g/mol. The number of aliphatic carboxylic acids is 1. The maximum atomic E-state index is 10.6. The van der Waals surface area contributed by atoms with Crippen molar-refractivity contribution in [1.82, 2.24) is 25.1 Å². The molecule has 3 aromatic rings. The minimum atomic E-state index is -0.951. The summed E-state index contributed by atoms with van der Waals surface area (Å²) in [5.74, 6) is 5.96. The van der Waals surface area contributed by atoms with Crippen LogP contribution >= 0.6 is 11.8 Å². The highest BCUT2D eigenvalue weighted by molar-refractivity contribution is 7.99. The molecule has 0 spiro atoms. The Morgan fingerprint density at radius 2 is 2.12 bits per heavy atom. The number of H-pyrrole nitrogens is 1. The van der Waals surface area contributed by atoms with Gasteiger partial charge in [0.15, 0.2) is 0 Å². The Labute approximate surface area is 140 Å². The lowest BCUT2D eigenvalue weighted by Gasteiger charge is -2.00. The molecule has 0 amide bonds. The Balaban J connectivity index is 1.83. The molecule has 0 saturated heterocycles. The third-order valence-electron chi connectivity index (χ3n) is 3.19. The average Bonchev–Trinajstić information content (AvgIpc) is 3.20. The van der Waals surface area contributed by atoms with E-state index in [4.69, 9.17) is 15.7 Å². The Morgan fingerprint density at radius 3 is 2.79 bits per heavy atom. The normalized spacial score (nSPS) is 10.7. The fourth-order valence-corrected chi connectivity index (χ4v) is 2.61. The quantitative estimate of drug-likeness (QED) is 0.448. The average molecular weight is 346 g/mol. The topological polar surface area (TPSA) is 132 Å². The zero-order chi connectivity index (χ0) is 17.1. The van der Waals surface area contributed by atoms with E-state index in [9.17, 15) is 4.79 Å². The number of carboxylic acids is 1. The molecule has 24 heavy (non-hydrogen) atoms. The fraction of sp³-hybridized carbons (Fsp3) is 0.143. The number of methoxy groups -OCH3 is 1. The summed E-state index contributed by atoms with van der Waals surface area (Å²) >= 11 is 0.995. The molecule has 0 bridgehead atoms. The SMILES string of the molecule is COc1ccc(-c2cc(-c3nnc(SCC(=O)O)n3N)[nH]n2)cc1. The summed E-state index contributed by atoms with van der Waals surface area (Å²) in [4.78, 5) is 10.6. The first kappa shape index (κ1) is 15.9. The van der Waals surface area contributed by atoms with E-state index in [0.717, 1.165) is 28.8 Å². The summed E-state index contributed by atoms with van der Waals surface area (Å²) in [5.41, 5.74) is 2.20. The van der Waals surface area contributed by atoms with Crippen LogP contribution in [0.5, 0.6) is 5.75 Å². The molecule has 0 fully saturated rings. The van der Waals surface area contributed by atoms with E-state index in [1.54, 1.807) is 13.2 Å². The monoisotopic (exact) mass is 346 g/mol. The number of thioether (sulfide) groups is 1. The summed E-state index contributed by atoms with van der Waals surface area (Å²) in [6, 6.07) is 9.26. The van der Waals surface area contributed by atoms with E-state index >= 15 is 0 Å². The van der Waals surface area contributed by atoms with Crippen molar-refractivity contribution in [3.8, 4) is 28.5 Å². The number of carbonyl (C=O) groups is 1. The predicted octanol–water partition coefficient (Wildman–Crippen LogP) is 1.23. The molecular formula is C14H14N6O3S. The number of hydrogen-bond donors (Lipinski definition) is 3. The summed E-state index contributed by atoms with van der Waals surface area (Å²) in [6.07, 6.45) is 0. The van der Waals surface area contributed by atoms with E-state index in [-0.39, 0.29) is 5.75 Å². The largest absolute Gasteiger partial charge is 0.497 e. The van der Waals surface area contributed by atoms with Gasteiger partial charge in [0.2, 0.25) is 11.0 Å². The summed E-state index contributed by atoms with van der Waals surface area (Å²) in [7, 11) is 1.61. The van der Waals surface area contributed by atoms with E-state index in [0.29, 0.717) is 16.7 Å². The molecule has 0 unspecified atom stereocenters. The lowest BCUT2D eigenvalue weighted by atomic mass is 10.1. The zero-order valence-corrected chi connectivity index (χ0v) is 13.4. The minimum Gasteiger partial charge on any atom is -0.497 e. The maximum Gasteiger partial charge on any atom is 0.313 e. The number of nitrogens with zero attached hydrogens (tertiary/aromatic N) is 4. The van der Waals surface area contributed by atoms with Gasteiger partial charge in [-0.1, -0.05) is 11.8 Å². The van der Waals surface area contributed by atoms with Crippen molar-refractivity contribution in [2.24, 2.45) is 0 Å². The van der Waals surface area contributed by atoms with E-state index in [1.807, 2.05) is 24.3 Å². The molecule has 9 nitrogen and oxygen atoms in total. The second-order valence-electron chi connectivity index (χ2n) is 4.75. The Hall–Kier alpha value is -3.01. The molecule has 0 radical (unpaired) electrons. The summed E-state index contributed by atoms with van der Waals surface area (Å²) in [5, 5.41) is 24.0. The zero-order valence-electron chi connectivity index (χ0n) is 12.6. The number of nitrogens with two attached hydrogens (primary N) is 1. The van der Waals surface area contributed by atoms with E-state index in [1.165, 1.54) is 4.68 Å². The van der Waals surface area contributed by atoms with Gasteiger partial charge in [0.05, 0.1) is 18.6 Å². The van der Waals surface area contributed by atoms with Gasteiger partial charge in [-0.05, 0) is 30.3 Å². The van der Waals surface area contributed by atoms with Gasteiger partial charge in [-0.3, -0.25) is 9.89 Å². The molecule has 0 saturated carbocycles. The van der Waals surface area contributed by atoms with Gasteiger partial charge in [0.25, 0.3) is 0 Å². The molecule has 1 aromatic carbocycles. The summed E-state index contributed by atoms with van der Waals surface area (Å²) < 4.78 is 6.36. The second-order valence-corrected chi connectivity index (χ2v) is 5.70. The number of benzene rings is 1. The third-order valence-corrected chi connectivity index (χ3v) is 4.12. The van der Waals surface area contributed by atoms with Gasteiger partial charge >= 0.3 is 5.97 Å². The number of nitrogens with one attached hydrogen (secondary N) is 1. The van der Waals surface area contributed by atoms with Crippen LogP contribution in [0.25, 0.3) is 22.8 Å². The molecule has 0 aliphatic rings. The first-order valence-electron chi connectivity index (χ1n) is 6.84. The van der Waals surface area contributed by atoms with E-state index < -0.39 is 5.97 Å². The van der Waals surface area contributed by atoms with Gasteiger partial charge in [-0.15, -0.1) is 10.2 Å². The van der Waals surface area contributed by atoms with Crippen molar-refractivity contribution in [3.63, 3.8) is 0 Å². The van der Waals surface area contributed by atoms with Gasteiger partial charge in [0.1, 0.15) is 11.4 Å². The molecule has 2 aromatic heterocycles. The minimum absolute atomic E-state index is 0.143. The van der Waals surface area contributed by atoms with Crippen LogP contribution < -0.4 is 10.6 Å². The van der Waals surface area contributed by atoms with Crippen molar-refractivity contribution < 1.29 is 14.6 Å². The predicted molar refractivity (Wildman–Crippen MR) is 88.1 cm³/mol. The van der Waals surface area contributed by atoms with Crippen molar-refractivity contribution in [3.05, 3.63) is 30.3 Å². The number of carboxylic acid groups (broad SMARTS) is 1. The molecule has 3 rings (SSSR count). The first-order valence-corrected chi connectivity index (χ1v) is 7.82. The highest BCUT2D eigenvalue weighted by Crippen LogP contribution is 2.25. The Bertz CT molecular complexity index is 858. The van der Waals surface area contributed by atoms with Crippen molar-refractivity contribution >= 4 is 17.7 Å². The van der Waals surface area contributed by atoms with Crippen molar-refractivity contribution in [2.75, 3.05) is 18.7 Å². The highest BCUT2D eigenvalue weighted by atomic mass is 32.2. The summed E-state index contributed by atoms with van der Waals surface area (Å²) in [6.45, 7) is 0. The smallest absolute Gasteiger partial charge is 0.313 e. The van der Waals surface area contributed by atoms with Crippen molar-refractivity contribution in [1.29, 1.82) is 0 Å². The van der Waals surface area contributed by atoms with Crippen LogP contribution in [0.4, 0.5) is 0 Å².